The van der Waals surface area contributed by atoms with E-state index in [1.165, 1.54) is 32.2 Å². The van der Waals surface area contributed by atoms with Crippen LogP contribution in [0.2, 0.25) is 0 Å². The molecule has 1 aliphatic heterocycles. The van der Waals surface area contributed by atoms with E-state index in [-0.39, 0.29) is 0 Å². The first kappa shape index (κ1) is 9.82. The number of fused-ring (bicyclic) bond motifs is 1. The van der Waals surface area contributed by atoms with Crippen LogP contribution in [0, 0.1) is 0 Å². The molecule has 1 saturated carbocycles. The van der Waals surface area contributed by atoms with Crippen LogP contribution in [0.3, 0.4) is 0 Å². The lowest BCUT2D eigenvalue weighted by Gasteiger charge is -2.51. The molecule has 3 heteroatoms. The van der Waals surface area contributed by atoms with Crippen molar-refractivity contribution in [2.24, 2.45) is 5.73 Å². The van der Waals surface area contributed by atoms with Gasteiger partial charge in [0.25, 0.3) is 0 Å². The first-order chi connectivity index (χ1) is 7.34. The standard InChI is InChI=1S/C12H18N2S/c13-9-12(4-1-5-12)14-6-2-11-10(8-14)3-7-15-11/h3,7H,1-2,4-6,8-9,13H2. The third kappa shape index (κ3) is 1.45. The average Bonchev–Trinajstić information content (AvgIpc) is 2.64. The third-order valence-corrected chi connectivity index (χ3v) is 5.17. The summed E-state index contributed by atoms with van der Waals surface area (Å²) in [4.78, 5) is 4.23. The number of nitrogens with two attached hydrogens (primary N) is 1. The Morgan fingerprint density at radius 3 is 3.00 bits per heavy atom. The van der Waals surface area contributed by atoms with Gasteiger partial charge in [-0.05, 0) is 42.7 Å². The molecule has 0 atom stereocenters. The predicted octanol–water partition coefficient (Wildman–Crippen LogP) is 1.99. The molecule has 15 heavy (non-hydrogen) atoms. The first-order valence-corrected chi connectivity index (χ1v) is 6.72. The SMILES string of the molecule is NCC1(N2CCc3sccc3C2)CCC1. The van der Waals surface area contributed by atoms with Gasteiger partial charge in [-0.2, -0.15) is 0 Å². The Morgan fingerprint density at radius 2 is 2.33 bits per heavy atom. The van der Waals surface area contributed by atoms with E-state index in [2.05, 4.69) is 16.3 Å². The molecule has 3 rings (SSSR count). The minimum absolute atomic E-state index is 0.361. The molecule has 0 saturated heterocycles. The summed E-state index contributed by atoms with van der Waals surface area (Å²) in [6.07, 6.45) is 5.21. The smallest absolute Gasteiger partial charge is 0.0335 e. The number of hydrogen-bond donors (Lipinski definition) is 1. The van der Waals surface area contributed by atoms with Crippen LogP contribution >= 0.6 is 11.3 Å². The maximum Gasteiger partial charge on any atom is 0.0335 e. The second kappa shape index (κ2) is 3.58. The third-order valence-electron chi connectivity index (χ3n) is 4.14. The van der Waals surface area contributed by atoms with Gasteiger partial charge < -0.3 is 5.73 Å². The summed E-state index contributed by atoms with van der Waals surface area (Å²) < 4.78 is 0. The van der Waals surface area contributed by atoms with Gasteiger partial charge in [-0.1, -0.05) is 0 Å². The van der Waals surface area contributed by atoms with Gasteiger partial charge in [0.2, 0.25) is 0 Å². The highest BCUT2D eigenvalue weighted by Gasteiger charge is 2.42. The summed E-state index contributed by atoms with van der Waals surface area (Å²) in [6, 6.07) is 2.29. The fraction of sp³-hybridized carbons (Fsp3) is 0.667. The van der Waals surface area contributed by atoms with E-state index in [9.17, 15) is 0 Å². The van der Waals surface area contributed by atoms with E-state index in [0.717, 1.165) is 13.1 Å². The largest absolute Gasteiger partial charge is 0.329 e. The Labute approximate surface area is 95.1 Å². The van der Waals surface area contributed by atoms with Gasteiger partial charge in [-0.3, -0.25) is 4.90 Å². The van der Waals surface area contributed by atoms with Crippen molar-refractivity contribution in [3.63, 3.8) is 0 Å². The van der Waals surface area contributed by atoms with E-state index in [1.807, 2.05) is 11.3 Å². The van der Waals surface area contributed by atoms with Crippen LogP contribution in [0.4, 0.5) is 0 Å². The lowest BCUT2D eigenvalue weighted by atomic mass is 9.74. The molecular weight excluding hydrogens is 204 g/mol. The topological polar surface area (TPSA) is 29.3 Å². The molecule has 2 N–H and O–H groups in total. The van der Waals surface area contributed by atoms with Crippen LogP contribution in [0.25, 0.3) is 0 Å². The lowest BCUT2D eigenvalue weighted by Crippen LogP contribution is -2.59. The molecule has 0 aromatic carbocycles. The number of rotatable bonds is 2. The maximum atomic E-state index is 5.96. The molecule has 1 fully saturated rings. The minimum atomic E-state index is 0.361. The molecule has 0 bridgehead atoms. The average molecular weight is 222 g/mol. The van der Waals surface area contributed by atoms with E-state index < -0.39 is 0 Å². The van der Waals surface area contributed by atoms with Gasteiger partial charge in [0.05, 0.1) is 0 Å². The van der Waals surface area contributed by atoms with Crippen molar-refractivity contribution in [1.29, 1.82) is 0 Å². The van der Waals surface area contributed by atoms with Crippen molar-refractivity contribution >= 4 is 11.3 Å². The van der Waals surface area contributed by atoms with Gasteiger partial charge in [-0.15, -0.1) is 11.3 Å². The first-order valence-electron chi connectivity index (χ1n) is 5.84. The molecule has 2 heterocycles. The van der Waals surface area contributed by atoms with Gasteiger partial charge in [-0.25, -0.2) is 0 Å². The Bertz CT molecular complexity index is 349. The van der Waals surface area contributed by atoms with E-state index in [4.69, 9.17) is 5.73 Å². The van der Waals surface area contributed by atoms with Crippen molar-refractivity contribution in [1.82, 2.24) is 4.90 Å². The molecule has 0 radical (unpaired) electrons. The second-order valence-electron chi connectivity index (χ2n) is 4.82. The molecule has 0 unspecified atom stereocenters. The molecule has 2 nitrogen and oxygen atoms in total. The minimum Gasteiger partial charge on any atom is -0.329 e. The monoisotopic (exact) mass is 222 g/mol. The Morgan fingerprint density at radius 1 is 1.47 bits per heavy atom. The van der Waals surface area contributed by atoms with Crippen molar-refractivity contribution in [3.8, 4) is 0 Å². The van der Waals surface area contributed by atoms with Crippen molar-refractivity contribution < 1.29 is 0 Å². The van der Waals surface area contributed by atoms with Crippen LogP contribution in [0.5, 0.6) is 0 Å². The fourth-order valence-electron chi connectivity index (χ4n) is 2.89. The molecule has 0 spiro atoms. The van der Waals surface area contributed by atoms with E-state index in [1.54, 1.807) is 10.4 Å². The molecule has 0 amide bonds. The van der Waals surface area contributed by atoms with Gasteiger partial charge >= 0.3 is 0 Å². The van der Waals surface area contributed by atoms with Crippen LogP contribution in [0.15, 0.2) is 11.4 Å². The van der Waals surface area contributed by atoms with Crippen molar-refractivity contribution in [2.75, 3.05) is 13.1 Å². The van der Waals surface area contributed by atoms with Crippen LogP contribution in [-0.2, 0) is 13.0 Å². The Balaban J connectivity index is 1.80. The quantitative estimate of drug-likeness (QED) is 0.829. The Kier molecular flexibility index (Phi) is 2.34. The maximum absolute atomic E-state index is 5.96. The van der Waals surface area contributed by atoms with Crippen LogP contribution in [0.1, 0.15) is 29.7 Å². The zero-order chi connectivity index (χ0) is 10.3. The van der Waals surface area contributed by atoms with E-state index in [0.29, 0.717) is 5.54 Å². The normalized spacial score (nSPS) is 24.6. The van der Waals surface area contributed by atoms with E-state index >= 15 is 0 Å². The fourth-order valence-corrected chi connectivity index (χ4v) is 3.78. The van der Waals surface area contributed by atoms with Crippen LogP contribution < -0.4 is 5.73 Å². The van der Waals surface area contributed by atoms with Crippen molar-refractivity contribution in [3.05, 3.63) is 21.9 Å². The van der Waals surface area contributed by atoms with Gasteiger partial charge in [0, 0.05) is 30.1 Å². The highest BCUT2D eigenvalue weighted by atomic mass is 32.1. The molecule has 82 valence electrons. The molecule has 1 aromatic rings. The molecule has 1 aliphatic carbocycles. The highest BCUT2D eigenvalue weighted by molar-refractivity contribution is 7.10. The zero-order valence-electron chi connectivity index (χ0n) is 9.04. The highest BCUT2D eigenvalue weighted by Crippen LogP contribution is 2.40. The number of hydrogen-bond acceptors (Lipinski definition) is 3. The zero-order valence-corrected chi connectivity index (χ0v) is 9.85. The molecule has 1 aromatic heterocycles. The van der Waals surface area contributed by atoms with Gasteiger partial charge in [0.1, 0.15) is 0 Å². The van der Waals surface area contributed by atoms with Crippen LogP contribution in [-0.4, -0.2) is 23.5 Å². The molecular formula is C12H18N2S. The predicted molar refractivity (Wildman–Crippen MR) is 64.1 cm³/mol. The number of thiophene rings is 1. The van der Waals surface area contributed by atoms with Gasteiger partial charge in [0.15, 0.2) is 0 Å². The summed E-state index contributed by atoms with van der Waals surface area (Å²) in [5.41, 5.74) is 7.86. The Hall–Kier alpha value is -0.380. The summed E-state index contributed by atoms with van der Waals surface area (Å²) in [7, 11) is 0. The van der Waals surface area contributed by atoms with Crippen molar-refractivity contribution in [2.45, 2.75) is 37.8 Å². The lowest BCUT2D eigenvalue weighted by molar-refractivity contribution is 0.0128. The summed E-state index contributed by atoms with van der Waals surface area (Å²) >= 11 is 1.91. The summed E-state index contributed by atoms with van der Waals surface area (Å²) in [5, 5.41) is 2.23. The number of nitrogens with zero attached hydrogens (tertiary/aromatic N) is 1. The molecule has 2 aliphatic rings. The summed E-state index contributed by atoms with van der Waals surface area (Å²) in [5.74, 6) is 0. The summed E-state index contributed by atoms with van der Waals surface area (Å²) in [6.45, 7) is 3.19. The second-order valence-corrected chi connectivity index (χ2v) is 5.82.